The van der Waals surface area contributed by atoms with Crippen LogP contribution in [0.5, 0.6) is 0 Å². The average molecular weight is 350 g/mol. The lowest BCUT2D eigenvalue weighted by molar-refractivity contribution is -0.400. The van der Waals surface area contributed by atoms with Crippen molar-refractivity contribution in [1.29, 1.82) is 0 Å². The molecule has 0 radical (unpaired) electrons. The van der Waals surface area contributed by atoms with Crippen LogP contribution in [0.1, 0.15) is 37.7 Å². The van der Waals surface area contributed by atoms with Crippen molar-refractivity contribution >= 4 is 23.1 Å². The quantitative estimate of drug-likeness (QED) is 0.566. The van der Waals surface area contributed by atoms with Gasteiger partial charge in [-0.3, -0.25) is 20.2 Å². The third kappa shape index (κ3) is 4.12. The Labute approximate surface area is 133 Å². The number of hydrogen-bond donors (Lipinski definition) is 0. The van der Waals surface area contributed by atoms with Crippen LogP contribution in [0.15, 0.2) is 17.0 Å². The van der Waals surface area contributed by atoms with Gasteiger partial charge in [0.1, 0.15) is 0 Å². The van der Waals surface area contributed by atoms with Gasteiger partial charge in [-0.1, -0.05) is 19.3 Å². The van der Waals surface area contributed by atoms with Gasteiger partial charge in [0.2, 0.25) is 0 Å². The number of benzene rings is 1. The Kier molecular flexibility index (Phi) is 5.12. The van der Waals surface area contributed by atoms with Gasteiger partial charge < -0.3 is 0 Å². The second-order valence-corrected chi connectivity index (χ2v) is 6.54. The van der Waals surface area contributed by atoms with Crippen LogP contribution in [0.25, 0.3) is 0 Å². The summed E-state index contributed by atoms with van der Waals surface area (Å²) in [6.07, 6.45) is -0.586. The molecule has 0 N–H and O–H groups in total. The maximum absolute atomic E-state index is 12.8. The molecule has 1 saturated carbocycles. The summed E-state index contributed by atoms with van der Waals surface area (Å²) in [6.45, 7) is 0. The first-order chi connectivity index (χ1) is 10.7. The Morgan fingerprint density at radius 2 is 1.48 bits per heavy atom. The summed E-state index contributed by atoms with van der Waals surface area (Å²) in [7, 11) is 0. The number of alkyl halides is 3. The van der Waals surface area contributed by atoms with Crippen LogP contribution in [-0.2, 0) is 6.18 Å². The smallest absolute Gasteiger partial charge is 0.258 e. The Hall–Kier alpha value is -1.84. The van der Waals surface area contributed by atoms with E-state index in [0.717, 1.165) is 43.9 Å². The molecule has 126 valence electrons. The number of nitro groups is 2. The van der Waals surface area contributed by atoms with E-state index in [1.165, 1.54) is 0 Å². The van der Waals surface area contributed by atoms with Crippen LogP contribution in [0.3, 0.4) is 0 Å². The van der Waals surface area contributed by atoms with Crippen molar-refractivity contribution in [2.45, 2.75) is 48.4 Å². The second kappa shape index (κ2) is 6.73. The minimum atomic E-state index is -4.89. The zero-order valence-electron chi connectivity index (χ0n) is 11.8. The molecule has 1 fully saturated rings. The summed E-state index contributed by atoms with van der Waals surface area (Å²) >= 11 is 0.943. The van der Waals surface area contributed by atoms with Gasteiger partial charge in [0.25, 0.3) is 11.4 Å². The van der Waals surface area contributed by atoms with E-state index < -0.39 is 33.0 Å². The molecule has 1 aliphatic carbocycles. The topological polar surface area (TPSA) is 86.3 Å². The van der Waals surface area contributed by atoms with Crippen LogP contribution in [0, 0.1) is 20.2 Å². The van der Waals surface area contributed by atoms with Crippen molar-refractivity contribution in [3.05, 3.63) is 37.9 Å². The summed E-state index contributed by atoms with van der Waals surface area (Å²) in [5, 5.41) is 22.2. The Bertz CT molecular complexity index is 595. The van der Waals surface area contributed by atoms with Crippen LogP contribution < -0.4 is 0 Å². The van der Waals surface area contributed by atoms with E-state index in [9.17, 15) is 33.4 Å². The fourth-order valence-corrected chi connectivity index (χ4v) is 3.91. The molecule has 0 atom stereocenters. The first-order valence-corrected chi connectivity index (χ1v) is 7.79. The third-order valence-corrected chi connectivity index (χ3v) is 5.07. The van der Waals surface area contributed by atoms with E-state index in [4.69, 9.17) is 0 Å². The molecule has 0 spiro atoms. The van der Waals surface area contributed by atoms with E-state index in [2.05, 4.69) is 0 Å². The lowest BCUT2D eigenvalue weighted by Gasteiger charge is -2.21. The summed E-state index contributed by atoms with van der Waals surface area (Å²) in [4.78, 5) is 20.0. The standard InChI is InChI=1S/C13H13F3N2O4S/c14-13(15,16)8-6-10(17(19)20)12(11(7-8)18(21)22)23-9-4-2-1-3-5-9/h6-7,9H,1-5H2. The molecular formula is C13H13F3N2O4S. The second-order valence-electron chi connectivity index (χ2n) is 5.23. The largest absolute Gasteiger partial charge is 0.416 e. The minimum Gasteiger partial charge on any atom is -0.258 e. The third-order valence-electron chi connectivity index (χ3n) is 3.61. The molecule has 2 rings (SSSR count). The van der Waals surface area contributed by atoms with Gasteiger partial charge in [-0.25, -0.2) is 0 Å². The van der Waals surface area contributed by atoms with Gasteiger partial charge in [0, 0.05) is 17.4 Å². The van der Waals surface area contributed by atoms with Crippen molar-refractivity contribution in [2.24, 2.45) is 0 Å². The zero-order valence-corrected chi connectivity index (χ0v) is 12.7. The zero-order chi connectivity index (χ0) is 17.2. The number of thioether (sulfide) groups is 1. The number of rotatable bonds is 4. The molecule has 1 aromatic carbocycles. The molecule has 23 heavy (non-hydrogen) atoms. The van der Waals surface area contributed by atoms with Crippen molar-refractivity contribution < 1.29 is 23.0 Å². The Balaban J connectivity index is 2.52. The Morgan fingerprint density at radius 3 is 1.87 bits per heavy atom. The molecule has 0 bridgehead atoms. The number of nitrogens with zero attached hydrogens (tertiary/aromatic N) is 2. The number of nitro benzene ring substituents is 2. The first-order valence-electron chi connectivity index (χ1n) is 6.91. The highest BCUT2D eigenvalue weighted by Crippen LogP contribution is 2.46. The number of halogens is 3. The predicted molar refractivity (Wildman–Crippen MR) is 77.5 cm³/mol. The molecule has 10 heteroatoms. The molecule has 1 aliphatic rings. The normalized spacial score (nSPS) is 16.3. The molecule has 0 aliphatic heterocycles. The van der Waals surface area contributed by atoms with E-state index in [-0.39, 0.29) is 10.1 Å². The monoisotopic (exact) mass is 350 g/mol. The van der Waals surface area contributed by atoms with Gasteiger partial charge in [-0.05, 0) is 12.8 Å². The molecular weight excluding hydrogens is 337 g/mol. The first kappa shape index (κ1) is 17.5. The van der Waals surface area contributed by atoms with Crippen LogP contribution in [0.2, 0.25) is 0 Å². The van der Waals surface area contributed by atoms with E-state index in [1.807, 2.05) is 0 Å². The van der Waals surface area contributed by atoms with Crippen LogP contribution >= 0.6 is 11.8 Å². The fourth-order valence-electron chi connectivity index (χ4n) is 2.50. The van der Waals surface area contributed by atoms with Crippen molar-refractivity contribution in [2.75, 3.05) is 0 Å². The summed E-state index contributed by atoms with van der Waals surface area (Å²) in [5.74, 6) is 0. The van der Waals surface area contributed by atoms with Gasteiger partial charge in [-0.15, -0.1) is 11.8 Å². The van der Waals surface area contributed by atoms with Crippen molar-refractivity contribution in [1.82, 2.24) is 0 Å². The van der Waals surface area contributed by atoms with Gasteiger partial charge in [-0.2, -0.15) is 13.2 Å². The number of hydrogen-bond acceptors (Lipinski definition) is 5. The van der Waals surface area contributed by atoms with E-state index in [1.54, 1.807) is 0 Å². The maximum atomic E-state index is 12.8. The van der Waals surface area contributed by atoms with Crippen LogP contribution in [0.4, 0.5) is 24.5 Å². The lowest BCUT2D eigenvalue weighted by atomic mass is 10.0. The average Bonchev–Trinajstić information content (AvgIpc) is 2.46. The predicted octanol–water partition coefficient (Wildman–Crippen LogP) is 4.95. The van der Waals surface area contributed by atoms with Gasteiger partial charge in [0.15, 0.2) is 4.90 Å². The summed E-state index contributed by atoms with van der Waals surface area (Å²) in [5.41, 5.74) is -3.10. The van der Waals surface area contributed by atoms with E-state index >= 15 is 0 Å². The maximum Gasteiger partial charge on any atom is 0.416 e. The lowest BCUT2D eigenvalue weighted by Crippen LogP contribution is -2.11. The molecule has 1 aromatic rings. The highest BCUT2D eigenvalue weighted by Gasteiger charge is 2.38. The van der Waals surface area contributed by atoms with Crippen LogP contribution in [-0.4, -0.2) is 15.1 Å². The molecule has 0 aromatic heterocycles. The van der Waals surface area contributed by atoms with E-state index in [0.29, 0.717) is 12.1 Å². The highest BCUT2D eigenvalue weighted by atomic mass is 32.2. The minimum absolute atomic E-state index is 0.0575. The Morgan fingerprint density at radius 1 is 1.00 bits per heavy atom. The molecule has 0 amide bonds. The van der Waals surface area contributed by atoms with Gasteiger partial charge in [0.05, 0.1) is 15.4 Å². The van der Waals surface area contributed by atoms with Crippen molar-refractivity contribution in [3.8, 4) is 0 Å². The SMILES string of the molecule is O=[N+]([O-])c1cc(C(F)(F)F)cc([N+](=O)[O-])c1SC1CCCCC1. The van der Waals surface area contributed by atoms with Gasteiger partial charge >= 0.3 is 6.18 Å². The molecule has 0 saturated heterocycles. The molecule has 6 nitrogen and oxygen atoms in total. The summed E-state index contributed by atoms with van der Waals surface area (Å²) < 4.78 is 38.4. The highest BCUT2D eigenvalue weighted by molar-refractivity contribution is 8.00. The molecule has 0 heterocycles. The fraction of sp³-hybridized carbons (Fsp3) is 0.538. The molecule has 0 unspecified atom stereocenters. The summed E-state index contributed by atoms with van der Waals surface area (Å²) in [6, 6.07) is 0.746. The van der Waals surface area contributed by atoms with Crippen molar-refractivity contribution in [3.63, 3.8) is 0 Å².